The summed E-state index contributed by atoms with van der Waals surface area (Å²) >= 11 is 0. The predicted octanol–water partition coefficient (Wildman–Crippen LogP) is 3.16. The molecule has 2 aromatic rings. The van der Waals surface area contributed by atoms with Gasteiger partial charge in [0.15, 0.2) is 6.61 Å². The number of nitrogens with zero attached hydrogens (tertiary/aromatic N) is 1. The first kappa shape index (κ1) is 19.2. The van der Waals surface area contributed by atoms with Crippen molar-refractivity contribution in [2.24, 2.45) is 0 Å². The molecule has 27 heavy (non-hydrogen) atoms. The number of hydrogen-bond acceptors (Lipinski definition) is 4. The standard InChI is InChI=1S/C22H28N2O3/c1-22(2)12-18-10-17(8-9-20(18)27-22)14-23-13-16-6-5-7-19(11-16)26-15-21(25)24(3)4/h5-11,23H,12-15H2,1-4H3. The van der Waals surface area contributed by atoms with E-state index in [4.69, 9.17) is 9.47 Å². The van der Waals surface area contributed by atoms with Crippen LogP contribution in [0.25, 0.3) is 0 Å². The highest BCUT2D eigenvalue weighted by Gasteiger charge is 2.29. The summed E-state index contributed by atoms with van der Waals surface area (Å²) in [6, 6.07) is 14.2. The van der Waals surface area contributed by atoms with Gasteiger partial charge < -0.3 is 19.7 Å². The molecule has 1 heterocycles. The molecule has 0 fully saturated rings. The van der Waals surface area contributed by atoms with Gasteiger partial charge in [-0.3, -0.25) is 4.79 Å². The van der Waals surface area contributed by atoms with E-state index < -0.39 is 0 Å². The van der Waals surface area contributed by atoms with Crippen LogP contribution in [0, 0.1) is 0 Å². The molecule has 0 bridgehead atoms. The molecular weight excluding hydrogens is 340 g/mol. The van der Waals surface area contributed by atoms with E-state index in [0.717, 1.165) is 30.8 Å². The molecule has 0 radical (unpaired) electrons. The SMILES string of the molecule is CN(C)C(=O)COc1cccc(CNCc2ccc3c(c2)CC(C)(C)O3)c1. The lowest BCUT2D eigenvalue weighted by atomic mass is 10.0. The molecule has 1 amide bonds. The van der Waals surface area contributed by atoms with E-state index in [9.17, 15) is 4.79 Å². The van der Waals surface area contributed by atoms with Gasteiger partial charge in [-0.05, 0) is 48.7 Å². The van der Waals surface area contributed by atoms with E-state index in [1.165, 1.54) is 16.0 Å². The molecule has 5 nitrogen and oxygen atoms in total. The Morgan fingerprint density at radius 3 is 2.63 bits per heavy atom. The van der Waals surface area contributed by atoms with Gasteiger partial charge in [-0.25, -0.2) is 0 Å². The Bertz CT molecular complexity index is 815. The highest BCUT2D eigenvalue weighted by Crippen LogP contribution is 2.35. The minimum absolute atomic E-state index is 0.0530. The van der Waals surface area contributed by atoms with E-state index in [1.807, 2.05) is 24.3 Å². The Hall–Kier alpha value is -2.53. The maximum absolute atomic E-state index is 11.6. The fourth-order valence-electron chi connectivity index (χ4n) is 3.14. The highest BCUT2D eigenvalue weighted by atomic mass is 16.5. The molecule has 0 aromatic heterocycles. The van der Waals surface area contributed by atoms with Crippen LogP contribution in [0.1, 0.15) is 30.5 Å². The average Bonchev–Trinajstić information content (AvgIpc) is 2.93. The lowest BCUT2D eigenvalue weighted by Gasteiger charge is -2.16. The molecule has 144 valence electrons. The first-order valence-electron chi connectivity index (χ1n) is 9.26. The zero-order chi connectivity index (χ0) is 19.4. The second-order valence-corrected chi connectivity index (χ2v) is 7.81. The van der Waals surface area contributed by atoms with Crippen LogP contribution in [-0.2, 0) is 24.3 Å². The second-order valence-electron chi connectivity index (χ2n) is 7.81. The molecule has 0 atom stereocenters. The number of benzene rings is 2. The number of rotatable bonds is 7. The van der Waals surface area contributed by atoms with Crippen LogP contribution >= 0.6 is 0 Å². The maximum atomic E-state index is 11.6. The topological polar surface area (TPSA) is 50.8 Å². The largest absolute Gasteiger partial charge is 0.487 e. The van der Waals surface area contributed by atoms with Crippen LogP contribution in [-0.4, -0.2) is 37.1 Å². The van der Waals surface area contributed by atoms with Crippen molar-refractivity contribution >= 4 is 5.91 Å². The second kappa shape index (κ2) is 8.01. The van der Waals surface area contributed by atoms with Crippen LogP contribution in [0.5, 0.6) is 11.5 Å². The number of fused-ring (bicyclic) bond motifs is 1. The van der Waals surface area contributed by atoms with E-state index >= 15 is 0 Å². The van der Waals surface area contributed by atoms with E-state index in [-0.39, 0.29) is 18.1 Å². The van der Waals surface area contributed by atoms with Crippen molar-refractivity contribution in [1.29, 1.82) is 0 Å². The van der Waals surface area contributed by atoms with Crippen molar-refractivity contribution in [3.8, 4) is 11.5 Å². The Balaban J connectivity index is 1.51. The van der Waals surface area contributed by atoms with Crippen molar-refractivity contribution < 1.29 is 14.3 Å². The normalized spacial score (nSPS) is 14.4. The van der Waals surface area contributed by atoms with Gasteiger partial charge in [-0.1, -0.05) is 24.3 Å². The van der Waals surface area contributed by atoms with Gasteiger partial charge in [0.05, 0.1) is 0 Å². The first-order valence-corrected chi connectivity index (χ1v) is 9.26. The van der Waals surface area contributed by atoms with Crippen molar-refractivity contribution in [2.45, 2.75) is 39.0 Å². The number of hydrogen-bond donors (Lipinski definition) is 1. The Morgan fingerprint density at radius 2 is 1.89 bits per heavy atom. The predicted molar refractivity (Wildman–Crippen MR) is 106 cm³/mol. The van der Waals surface area contributed by atoms with Crippen LogP contribution in [0.15, 0.2) is 42.5 Å². The van der Waals surface area contributed by atoms with Crippen molar-refractivity contribution in [1.82, 2.24) is 10.2 Å². The molecule has 5 heteroatoms. The molecule has 0 aliphatic carbocycles. The summed E-state index contributed by atoms with van der Waals surface area (Å²) < 4.78 is 11.5. The van der Waals surface area contributed by atoms with Crippen molar-refractivity contribution in [2.75, 3.05) is 20.7 Å². The third kappa shape index (κ3) is 5.23. The van der Waals surface area contributed by atoms with Gasteiger partial charge >= 0.3 is 0 Å². The minimum Gasteiger partial charge on any atom is -0.487 e. The van der Waals surface area contributed by atoms with Crippen molar-refractivity contribution in [3.63, 3.8) is 0 Å². The zero-order valence-corrected chi connectivity index (χ0v) is 16.5. The Morgan fingerprint density at radius 1 is 1.15 bits per heavy atom. The van der Waals surface area contributed by atoms with Crippen LogP contribution in [0.4, 0.5) is 0 Å². The fourth-order valence-corrected chi connectivity index (χ4v) is 3.14. The summed E-state index contributed by atoms with van der Waals surface area (Å²) in [6.07, 6.45) is 0.946. The van der Waals surface area contributed by atoms with Crippen LogP contribution in [0.3, 0.4) is 0 Å². The number of carbonyl (C=O) groups is 1. The van der Waals surface area contributed by atoms with Gasteiger partial charge in [-0.2, -0.15) is 0 Å². The van der Waals surface area contributed by atoms with Gasteiger partial charge in [0.2, 0.25) is 0 Å². The highest BCUT2D eigenvalue weighted by molar-refractivity contribution is 5.77. The molecule has 0 saturated carbocycles. The number of ether oxygens (including phenoxy) is 2. The number of likely N-dealkylation sites (N-methyl/N-ethyl adjacent to an activating group) is 1. The van der Waals surface area contributed by atoms with Crippen molar-refractivity contribution in [3.05, 3.63) is 59.2 Å². The summed E-state index contributed by atoms with van der Waals surface area (Å²) in [6.45, 7) is 5.81. The molecule has 1 aliphatic heterocycles. The number of carbonyl (C=O) groups excluding carboxylic acids is 1. The number of amides is 1. The van der Waals surface area contributed by atoms with E-state index in [2.05, 4.69) is 37.4 Å². The lowest BCUT2D eigenvalue weighted by molar-refractivity contribution is -0.130. The molecule has 1 aliphatic rings. The van der Waals surface area contributed by atoms with Gasteiger partial charge in [0.25, 0.3) is 5.91 Å². The van der Waals surface area contributed by atoms with Gasteiger partial charge in [0, 0.05) is 33.6 Å². The lowest BCUT2D eigenvalue weighted by Crippen LogP contribution is -2.27. The summed E-state index contributed by atoms with van der Waals surface area (Å²) in [4.78, 5) is 13.2. The summed E-state index contributed by atoms with van der Waals surface area (Å²) in [7, 11) is 3.44. The molecule has 0 saturated heterocycles. The third-order valence-corrected chi connectivity index (χ3v) is 4.55. The first-order chi connectivity index (χ1) is 12.8. The third-order valence-electron chi connectivity index (χ3n) is 4.55. The molecule has 1 N–H and O–H groups in total. The minimum atomic E-state index is -0.108. The molecule has 0 unspecified atom stereocenters. The number of nitrogens with one attached hydrogen (secondary N) is 1. The Labute approximate surface area is 161 Å². The Kier molecular flexibility index (Phi) is 5.71. The summed E-state index contributed by atoms with van der Waals surface area (Å²) in [5.74, 6) is 1.66. The summed E-state index contributed by atoms with van der Waals surface area (Å²) in [5.41, 5.74) is 3.54. The molecular formula is C22H28N2O3. The smallest absolute Gasteiger partial charge is 0.259 e. The molecule has 2 aromatic carbocycles. The molecule has 3 rings (SSSR count). The van der Waals surface area contributed by atoms with Crippen LogP contribution in [0.2, 0.25) is 0 Å². The average molecular weight is 368 g/mol. The molecule has 0 spiro atoms. The monoisotopic (exact) mass is 368 g/mol. The van der Waals surface area contributed by atoms with E-state index in [1.54, 1.807) is 14.1 Å². The quantitative estimate of drug-likeness (QED) is 0.816. The zero-order valence-electron chi connectivity index (χ0n) is 16.5. The fraction of sp³-hybridized carbons (Fsp3) is 0.409. The van der Waals surface area contributed by atoms with Gasteiger partial charge in [-0.15, -0.1) is 0 Å². The maximum Gasteiger partial charge on any atom is 0.259 e. The summed E-state index contributed by atoms with van der Waals surface area (Å²) in [5, 5.41) is 3.47. The van der Waals surface area contributed by atoms with Crippen LogP contribution < -0.4 is 14.8 Å². The van der Waals surface area contributed by atoms with E-state index in [0.29, 0.717) is 5.75 Å². The van der Waals surface area contributed by atoms with Gasteiger partial charge in [0.1, 0.15) is 17.1 Å².